The Morgan fingerprint density at radius 3 is 2.74 bits per heavy atom. The number of hydrogen-bond donors (Lipinski definition) is 1. The van der Waals surface area contributed by atoms with Gasteiger partial charge in [-0.3, -0.25) is 5.41 Å². The van der Waals surface area contributed by atoms with E-state index in [0.29, 0.717) is 5.84 Å². The number of benzene rings is 2. The van der Waals surface area contributed by atoms with Crippen LogP contribution in [0.4, 0.5) is 5.69 Å². The van der Waals surface area contributed by atoms with Gasteiger partial charge in [-0.05, 0) is 17.7 Å². The summed E-state index contributed by atoms with van der Waals surface area (Å²) in [6.07, 6.45) is 0. The second-order valence-electron chi connectivity index (χ2n) is 4.63. The lowest BCUT2D eigenvalue weighted by Gasteiger charge is -2.18. The largest absolute Gasteiger partial charge is 0.454 e. The highest BCUT2D eigenvalue weighted by Gasteiger charge is 2.26. The lowest BCUT2D eigenvalue weighted by atomic mass is 10.1. The van der Waals surface area contributed by atoms with E-state index >= 15 is 0 Å². The Balaban J connectivity index is 1.74. The third-order valence-electron chi connectivity index (χ3n) is 3.54. The smallest absolute Gasteiger partial charge is 0.231 e. The number of amidine groups is 1. The summed E-state index contributed by atoms with van der Waals surface area (Å²) in [5.74, 6) is 2.06. The lowest BCUT2D eigenvalue weighted by molar-refractivity contribution is 0.174. The Labute approximate surface area is 110 Å². The van der Waals surface area contributed by atoms with Gasteiger partial charge in [0.05, 0.1) is 6.54 Å². The molecule has 2 aliphatic heterocycles. The van der Waals surface area contributed by atoms with Gasteiger partial charge in [0.25, 0.3) is 0 Å². The second-order valence-corrected chi connectivity index (χ2v) is 4.63. The maximum Gasteiger partial charge on any atom is 0.231 e. The van der Waals surface area contributed by atoms with Crippen molar-refractivity contribution < 1.29 is 9.47 Å². The molecule has 4 nitrogen and oxygen atoms in total. The van der Waals surface area contributed by atoms with Crippen molar-refractivity contribution in [3.8, 4) is 11.5 Å². The van der Waals surface area contributed by atoms with Crippen LogP contribution in [0.15, 0.2) is 42.5 Å². The molecule has 0 aromatic heterocycles. The minimum absolute atomic E-state index is 0.274. The van der Waals surface area contributed by atoms with Gasteiger partial charge in [-0.15, -0.1) is 0 Å². The first kappa shape index (κ1) is 10.4. The van der Waals surface area contributed by atoms with Crippen molar-refractivity contribution in [2.45, 2.75) is 6.54 Å². The summed E-state index contributed by atoms with van der Waals surface area (Å²) in [5.41, 5.74) is 3.15. The van der Waals surface area contributed by atoms with Crippen LogP contribution in [0.1, 0.15) is 11.1 Å². The number of hydrogen-bond acceptors (Lipinski definition) is 3. The summed E-state index contributed by atoms with van der Waals surface area (Å²) in [6.45, 7) is 1.01. The van der Waals surface area contributed by atoms with Crippen LogP contribution in [0.2, 0.25) is 0 Å². The van der Waals surface area contributed by atoms with Crippen LogP contribution in [0.3, 0.4) is 0 Å². The fourth-order valence-electron chi connectivity index (χ4n) is 2.56. The standard InChI is InChI=1S/C15H12N2O2/c16-15-12-4-2-1-3-10(12)8-17(15)11-5-6-13-14(7-11)19-9-18-13/h1-7,16H,8-9H2. The van der Waals surface area contributed by atoms with E-state index in [1.807, 2.05) is 41.3 Å². The van der Waals surface area contributed by atoms with Crippen molar-refractivity contribution >= 4 is 11.5 Å². The summed E-state index contributed by atoms with van der Waals surface area (Å²) in [7, 11) is 0. The van der Waals surface area contributed by atoms with E-state index in [4.69, 9.17) is 14.9 Å². The van der Waals surface area contributed by atoms with Gasteiger partial charge in [-0.25, -0.2) is 0 Å². The van der Waals surface area contributed by atoms with Crippen molar-refractivity contribution in [3.63, 3.8) is 0 Å². The monoisotopic (exact) mass is 252 g/mol. The molecule has 0 saturated heterocycles. The van der Waals surface area contributed by atoms with Gasteiger partial charge in [0, 0.05) is 17.3 Å². The second kappa shape index (κ2) is 3.75. The number of nitrogens with zero attached hydrogens (tertiary/aromatic N) is 1. The zero-order valence-corrected chi connectivity index (χ0v) is 10.2. The molecule has 0 unspecified atom stereocenters. The van der Waals surface area contributed by atoms with E-state index < -0.39 is 0 Å². The van der Waals surface area contributed by atoms with Crippen LogP contribution in [-0.4, -0.2) is 12.6 Å². The van der Waals surface area contributed by atoms with Gasteiger partial charge in [0.15, 0.2) is 11.5 Å². The van der Waals surface area contributed by atoms with Gasteiger partial charge in [-0.2, -0.15) is 0 Å². The van der Waals surface area contributed by atoms with E-state index in [-0.39, 0.29) is 6.79 Å². The molecule has 19 heavy (non-hydrogen) atoms. The molecule has 2 heterocycles. The average molecular weight is 252 g/mol. The van der Waals surface area contributed by atoms with Crippen molar-refractivity contribution in [3.05, 3.63) is 53.6 Å². The molecule has 2 aromatic rings. The predicted molar refractivity (Wildman–Crippen MR) is 72.0 cm³/mol. The van der Waals surface area contributed by atoms with Crippen molar-refractivity contribution in [2.75, 3.05) is 11.7 Å². The summed E-state index contributed by atoms with van der Waals surface area (Å²) < 4.78 is 10.7. The molecule has 0 amide bonds. The molecule has 4 rings (SSSR count). The lowest BCUT2D eigenvalue weighted by Crippen LogP contribution is -2.22. The van der Waals surface area contributed by atoms with E-state index in [0.717, 1.165) is 29.3 Å². The Bertz CT molecular complexity index is 682. The molecular weight excluding hydrogens is 240 g/mol. The Morgan fingerprint density at radius 2 is 1.84 bits per heavy atom. The first-order valence-electron chi connectivity index (χ1n) is 6.17. The molecule has 0 radical (unpaired) electrons. The molecule has 1 N–H and O–H groups in total. The minimum Gasteiger partial charge on any atom is -0.454 e. The van der Waals surface area contributed by atoms with E-state index in [2.05, 4.69) is 6.07 Å². The first-order chi connectivity index (χ1) is 9.33. The number of nitrogens with one attached hydrogen (secondary N) is 1. The fraction of sp³-hybridized carbons (Fsp3) is 0.133. The van der Waals surface area contributed by atoms with Crippen molar-refractivity contribution in [2.24, 2.45) is 0 Å². The van der Waals surface area contributed by atoms with Crippen LogP contribution in [0.25, 0.3) is 0 Å². The van der Waals surface area contributed by atoms with Gasteiger partial charge in [-0.1, -0.05) is 24.3 Å². The number of fused-ring (bicyclic) bond motifs is 2. The number of ether oxygens (including phenoxy) is 2. The highest BCUT2D eigenvalue weighted by Crippen LogP contribution is 2.37. The average Bonchev–Trinajstić information content (AvgIpc) is 3.03. The molecule has 0 spiro atoms. The Morgan fingerprint density at radius 1 is 1.00 bits per heavy atom. The topological polar surface area (TPSA) is 45.6 Å². The fourth-order valence-corrected chi connectivity index (χ4v) is 2.56. The third kappa shape index (κ3) is 1.50. The van der Waals surface area contributed by atoms with Gasteiger partial charge >= 0.3 is 0 Å². The van der Waals surface area contributed by atoms with E-state index in [1.54, 1.807) is 0 Å². The maximum absolute atomic E-state index is 8.28. The molecule has 0 aliphatic carbocycles. The molecule has 0 fully saturated rings. The molecule has 2 aliphatic rings. The molecule has 94 valence electrons. The quantitative estimate of drug-likeness (QED) is 0.848. The van der Waals surface area contributed by atoms with Crippen molar-refractivity contribution in [1.29, 1.82) is 5.41 Å². The van der Waals surface area contributed by atoms with Crippen molar-refractivity contribution in [1.82, 2.24) is 0 Å². The van der Waals surface area contributed by atoms with Crippen LogP contribution >= 0.6 is 0 Å². The zero-order valence-electron chi connectivity index (χ0n) is 10.2. The summed E-state index contributed by atoms with van der Waals surface area (Å²) in [5, 5.41) is 8.28. The number of rotatable bonds is 1. The van der Waals surface area contributed by atoms with E-state index in [1.165, 1.54) is 5.56 Å². The molecule has 4 heteroatoms. The highest BCUT2D eigenvalue weighted by atomic mass is 16.7. The zero-order chi connectivity index (χ0) is 12.8. The van der Waals surface area contributed by atoms with Crippen LogP contribution in [0.5, 0.6) is 11.5 Å². The number of anilines is 1. The Kier molecular flexibility index (Phi) is 2.06. The Hall–Kier alpha value is -2.49. The molecule has 0 atom stereocenters. The van der Waals surface area contributed by atoms with Gasteiger partial charge in [0.2, 0.25) is 6.79 Å². The SMILES string of the molecule is N=C1c2ccccc2CN1c1ccc2c(c1)OCO2. The van der Waals surface area contributed by atoms with Crippen LogP contribution in [-0.2, 0) is 6.54 Å². The van der Waals surface area contributed by atoms with Gasteiger partial charge in [0.1, 0.15) is 5.84 Å². The summed E-state index contributed by atoms with van der Waals surface area (Å²) in [6, 6.07) is 13.8. The maximum atomic E-state index is 8.28. The molecular formula is C15H12N2O2. The minimum atomic E-state index is 0.274. The normalized spacial score (nSPS) is 15.8. The summed E-state index contributed by atoms with van der Waals surface area (Å²) in [4.78, 5) is 1.98. The summed E-state index contributed by atoms with van der Waals surface area (Å²) >= 11 is 0. The van der Waals surface area contributed by atoms with Gasteiger partial charge < -0.3 is 14.4 Å². The third-order valence-corrected chi connectivity index (χ3v) is 3.54. The molecule has 2 aromatic carbocycles. The van der Waals surface area contributed by atoms with Crippen LogP contribution < -0.4 is 14.4 Å². The molecule has 0 bridgehead atoms. The first-order valence-corrected chi connectivity index (χ1v) is 6.17. The van der Waals surface area contributed by atoms with Crippen LogP contribution in [0, 0.1) is 5.41 Å². The van der Waals surface area contributed by atoms with E-state index in [9.17, 15) is 0 Å². The molecule has 0 saturated carbocycles. The highest BCUT2D eigenvalue weighted by molar-refractivity contribution is 6.11. The predicted octanol–water partition coefficient (Wildman–Crippen LogP) is 2.76.